The number of hydroxylamine groups is 2. The molecule has 2 unspecified atom stereocenters. The van der Waals surface area contributed by atoms with E-state index in [9.17, 15) is 22.8 Å². The van der Waals surface area contributed by atoms with Gasteiger partial charge in [-0.2, -0.15) is 5.10 Å². The van der Waals surface area contributed by atoms with Gasteiger partial charge in [-0.25, -0.2) is 17.5 Å². The summed E-state index contributed by atoms with van der Waals surface area (Å²) in [6.07, 6.45) is 4.45. The molecule has 4 aliphatic heterocycles. The van der Waals surface area contributed by atoms with Crippen molar-refractivity contribution < 1.29 is 27.6 Å². The second-order valence-corrected chi connectivity index (χ2v) is 13.1. The summed E-state index contributed by atoms with van der Waals surface area (Å²) in [6, 6.07) is 0.232. The monoisotopic (exact) mass is 536 g/mol. The van der Waals surface area contributed by atoms with Crippen LogP contribution in [0.5, 0.6) is 0 Å². The molecule has 4 saturated heterocycles. The van der Waals surface area contributed by atoms with Crippen LogP contribution in [-0.4, -0.2) is 101 Å². The number of hydrogen-bond donors (Lipinski definition) is 0. The zero-order valence-electron chi connectivity index (χ0n) is 21.7. The Bertz CT molecular complexity index is 1140. The molecule has 0 saturated carbocycles. The molecule has 0 spiro atoms. The molecule has 0 aliphatic carbocycles. The van der Waals surface area contributed by atoms with Gasteiger partial charge in [0.1, 0.15) is 0 Å². The predicted octanol–water partition coefficient (Wildman–Crippen LogP) is 1.17. The molecule has 12 nitrogen and oxygen atoms in total. The minimum absolute atomic E-state index is 0.0819. The summed E-state index contributed by atoms with van der Waals surface area (Å²) in [5, 5.41) is 5.53. The third-order valence-corrected chi connectivity index (χ3v) is 9.37. The maximum atomic E-state index is 12.6. The van der Waals surface area contributed by atoms with E-state index in [1.165, 1.54) is 11.8 Å². The van der Waals surface area contributed by atoms with Crippen LogP contribution in [0, 0.1) is 11.8 Å². The molecule has 5 heterocycles. The number of fused-ring (bicyclic) bond motifs is 1. The van der Waals surface area contributed by atoms with Crippen LogP contribution in [0.1, 0.15) is 62.7 Å². The zero-order valence-corrected chi connectivity index (χ0v) is 22.5. The Morgan fingerprint density at radius 3 is 2.19 bits per heavy atom. The van der Waals surface area contributed by atoms with Crippen molar-refractivity contribution in [2.24, 2.45) is 11.8 Å². The molecule has 4 fully saturated rings. The van der Waals surface area contributed by atoms with Crippen LogP contribution < -0.4 is 0 Å². The van der Waals surface area contributed by atoms with Crippen molar-refractivity contribution >= 4 is 27.9 Å². The normalized spacial score (nSPS) is 26.1. The first-order valence-corrected chi connectivity index (χ1v) is 14.9. The average Bonchev–Trinajstić information content (AvgIpc) is 3.59. The van der Waals surface area contributed by atoms with E-state index in [-0.39, 0.29) is 24.8 Å². The van der Waals surface area contributed by atoms with Crippen molar-refractivity contribution in [2.45, 2.75) is 58.0 Å². The summed E-state index contributed by atoms with van der Waals surface area (Å²) in [6.45, 7) is 8.77. The summed E-state index contributed by atoms with van der Waals surface area (Å²) in [4.78, 5) is 45.2. The Morgan fingerprint density at radius 1 is 1.05 bits per heavy atom. The lowest BCUT2D eigenvalue weighted by molar-refractivity contribution is -0.173. The molecule has 13 heteroatoms. The van der Waals surface area contributed by atoms with Crippen LogP contribution in [0.2, 0.25) is 0 Å². The minimum Gasteiger partial charge on any atom is -0.311 e. The van der Waals surface area contributed by atoms with Crippen molar-refractivity contribution in [3.63, 3.8) is 0 Å². The Hall–Kier alpha value is -2.51. The second kappa shape index (κ2) is 9.99. The molecule has 0 N–H and O–H groups in total. The third-order valence-electron chi connectivity index (χ3n) is 8.07. The van der Waals surface area contributed by atoms with Crippen LogP contribution in [0.3, 0.4) is 0 Å². The lowest BCUT2D eigenvalue weighted by atomic mass is 9.92. The fraction of sp³-hybridized carbons (Fsp3) is 0.750. The number of sulfonamides is 1. The Kier molecular flexibility index (Phi) is 7.05. The van der Waals surface area contributed by atoms with Crippen LogP contribution >= 0.6 is 0 Å². The van der Waals surface area contributed by atoms with Crippen LogP contribution in [0.4, 0.5) is 4.79 Å². The molecule has 37 heavy (non-hydrogen) atoms. The third kappa shape index (κ3) is 5.39. The Labute approximate surface area is 217 Å². The molecule has 0 radical (unpaired) electrons. The largest absolute Gasteiger partial charge is 0.434 e. The van der Waals surface area contributed by atoms with Gasteiger partial charge in [-0.05, 0) is 38.5 Å². The fourth-order valence-electron chi connectivity index (χ4n) is 6.04. The lowest BCUT2D eigenvalue weighted by Crippen LogP contribution is -2.40. The number of aromatic nitrogens is 2. The van der Waals surface area contributed by atoms with Gasteiger partial charge in [0.2, 0.25) is 10.0 Å². The standard InChI is InChI=1S/C24H36N6O6S/c1-16(2)29-15-20(23(25-29)17-6-8-28(9-7-17)37(3,34)35)12-26-10-18-13-27(14-19(18)11-26)24(33)36-30-21(31)4-5-22(30)32/h15-19H,4-14H2,1-3H3. The summed E-state index contributed by atoms with van der Waals surface area (Å²) < 4.78 is 27.4. The average molecular weight is 537 g/mol. The van der Waals surface area contributed by atoms with Gasteiger partial charge in [0.15, 0.2) is 0 Å². The molecule has 204 valence electrons. The van der Waals surface area contributed by atoms with Gasteiger partial charge in [-0.15, -0.1) is 5.06 Å². The fourth-order valence-corrected chi connectivity index (χ4v) is 6.91. The molecule has 5 rings (SSSR count). The van der Waals surface area contributed by atoms with Gasteiger partial charge in [-0.3, -0.25) is 19.2 Å². The quantitative estimate of drug-likeness (QED) is 0.496. The van der Waals surface area contributed by atoms with Crippen molar-refractivity contribution in [2.75, 3.05) is 45.5 Å². The van der Waals surface area contributed by atoms with E-state index in [0.29, 0.717) is 43.1 Å². The van der Waals surface area contributed by atoms with Crippen LogP contribution in [-0.2, 0) is 31.0 Å². The number of likely N-dealkylation sites (tertiary alicyclic amines) is 2. The second-order valence-electron chi connectivity index (χ2n) is 11.1. The summed E-state index contributed by atoms with van der Waals surface area (Å²) >= 11 is 0. The van der Waals surface area contributed by atoms with E-state index in [1.54, 1.807) is 9.21 Å². The Morgan fingerprint density at radius 2 is 1.65 bits per heavy atom. The molecule has 1 aromatic rings. The van der Waals surface area contributed by atoms with Gasteiger partial charge in [0.05, 0.1) is 11.9 Å². The highest BCUT2D eigenvalue weighted by Crippen LogP contribution is 2.35. The summed E-state index contributed by atoms with van der Waals surface area (Å²) in [7, 11) is -3.17. The highest BCUT2D eigenvalue weighted by Gasteiger charge is 2.44. The smallest absolute Gasteiger partial charge is 0.311 e. The first-order chi connectivity index (χ1) is 17.5. The summed E-state index contributed by atoms with van der Waals surface area (Å²) in [5.41, 5.74) is 2.26. The Balaban J connectivity index is 1.19. The molecule has 0 bridgehead atoms. The van der Waals surface area contributed by atoms with E-state index in [1.807, 2.05) is 4.68 Å². The number of imide groups is 1. The van der Waals surface area contributed by atoms with Crippen LogP contribution in [0.25, 0.3) is 0 Å². The zero-order chi connectivity index (χ0) is 26.5. The maximum Gasteiger partial charge on any atom is 0.434 e. The first-order valence-electron chi connectivity index (χ1n) is 13.1. The predicted molar refractivity (Wildman–Crippen MR) is 132 cm³/mol. The van der Waals surface area contributed by atoms with E-state index in [4.69, 9.17) is 9.94 Å². The van der Waals surface area contributed by atoms with E-state index in [0.717, 1.165) is 38.2 Å². The van der Waals surface area contributed by atoms with Gasteiger partial charge in [0, 0.05) is 82.4 Å². The number of piperidine rings is 1. The molecule has 2 atom stereocenters. The van der Waals surface area contributed by atoms with Crippen molar-refractivity contribution in [3.8, 4) is 0 Å². The van der Waals surface area contributed by atoms with E-state index >= 15 is 0 Å². The van der Waals surface area contributed by atoms with E-state index < -0.39 is 27.9 Å². The highest BCUT2D eigenvalue weighted by molar-refractivity contribution is 7.88. The molecule has 1 aromatic heterocycles. The van der Waals surface area contributed by atoms with Crippen molar-refractivity contribution in [1.29, 1.82) is 0 Å². The number of carbonyl (C=O) groups excluding carboxylic acids is 3. The maximum absolute atomic E-state index is 12.6. The SMILES string of the molecule is CC(C)n1cc(CN2CC3CN(C(=O)ON4C(=O)CCC4=O)CC3C2)c(C2CCN(S(C)(=O)=O)CC2)n1. The highest BCUT2D eigenvalue weighted by atomic mass is 32.2. The van der Waals surface area contributed by atoms with Crippen LogP contribution in [0.15, 0.2) is 6.20 Å². The number of nitrogens with zero attached hydrogens (tertiary/aromatic N) is 6. The van der Waals surface area contributed by atoms with E-state index in [2.05, 4.69) is 24.9 Å². The number of hydrogen-bond acceptors (Lipinski definition) is 8. The van der Waals surface area contributed by atoms with Gasteiger partial charge in [-0.1, -0.05) is 0 Å². The van der Waals surface area contributed by atoms with Crippen molar-refractivity contribution in [3.05, 3.63) is 17.5 Å². The van der Waals surface area contributed by atoms with Crippen molar-refractivity contribution in [1.82, 2.24) is 28.9 Å². The number of carbonyl (C=O) groups is 3. The molecular formula is C24H36N6O6S. The first kappa shape index (κ1) is 26.1. The molecule has 0 aromatic carbocycles. The summed E-state index contributed by atoms with van der Waals surface area (Å²) in [5.74, 6) is -0.0954. The van der Waals surface area contributed by atoms with Gasteiger partial charge >= 0.3 is 6.09 Å². The topological polar surface area (TPSA) is 125 Å². The molecule has 3 amide bonds. The van der Waals surface area contributed by atoms with Gasteiger partial charge in [0.25, 0.3) is 11.8 Å². The number of rotatable bonds is 6. The number of amides is 3. The van der Waals surface area contributed by atoms with Gasteiger partial charge < -0.3 is 9.74 Å². The minimum atomic E-state index is -3.17. The lowest BCUT2D eigenvalue weighted by Gasteiger charge is -2.30. The molecular weight excluding hydrogens is 500 g/mol. The molecule has 4 aliphatic rings.